The molecule has 0 spiro atoms. The summed E-state index contributed by atoms with van der Waals surface area (Å²) in [5.74, 6) is 0. The van der Waals surface area contributed by atoms with Gasteiger partial charge in [-0.2, -0.15) is 0 Å². The van der Waals surface area contributed by atoms with Gasteiger partial charge in [0.25, 0.3) is 5.56 Å². The van der Waals surface area contributed by atoms with Crippen LogP contribution in [0, 0.1) is 13.8 Å². The molecule has 1 aromatic carbocycles. The van der Waals surface area contributed by atoms with Crippen molar-refractivity contribution in [1.82, 2.24) is 9.29 Å². The molecule has 0 aliphatic rings. The first kappa shape index (κ1) is 15.5. The number of nitrogens with zero attached hydrogens (tertiary/aromatic N) is 1. The quantitative estimate of drug-likeness (QED) is 0.930. The topological polar surface area (TPSA) is 68.2 Å². The number of nitrogens with one attached hydrogen (secondary N) is 1. The summed E-state index contributed by atoms with van der Waals surface area (Å²) in [6.45, 7) is 3.56. The first-order valence-electron chi connectivity index (χ1n) is 6.53. The molecule has 0 unspecified atom stereocenters. The average molecular weight is 306 g/mol. The Hall–Kier alpha value is -1.92. The van der Waals surface area contributed by atoms with Crippen LogP contribution < -0.4 is 10.3 Å². The van der Waals surface area contributed by atoms with E-state index >= 15 is 0 Å². The van der Waals surface area contributed by atoms with E-state index in [0.717, 1.165) is 5.56 Å². The number of benzene rings is 1. The Morgan fingerprint density at radius 1 is 1.19 bits per heavy atom. The van der Waals surface area contributed by atoms with E-state index in [9.17, 15) is 13.2 Å². The minimum Gasteiger partial charge on any atom is -0.318 e. The van der Waals surface area contributed by atoms with Gasteiger partial charge in [-0.3, -0.25) is 4.79 Å². The van der Waals surface area contributed by atoms with Crippen LogP contribution in [-0.2, 0) is 23.6 Å². The van der Waals surface area contributed by atoms with Crippen LogP contribution in [0.25, 0.3) is 0 Å². The molecule has 1 heterocycles. The number of sulfonamides is 1. The monoisotopic (exact) mass is 306 g/mol. The fraction of sp³-hybridized carbons (Fsp3) is 0.267. The van der Waals surface area contributed by atoms with E-state index in [1.54, 1.807) is 44.4 Å². The van der Waals surface area contributed by atoms with Gasteiger partial charge in [0.2, 0.25) is 10.0 Å². The van der Waals surface area contributed by atoms with Crippen molar-refractivity contribution in [1.29, 1.82) is 0 Å². The Labute approximate surface area is 124 Å². The fourth-order valence-corrected chi connectivity index (χ4v) is 3.37. The standard InChI is InChI=1S/C15H18N2O3S/c1-11-6-7-12(2)14(9-11)21(19,20)16-10-13-5-4-8-17(3)15(13)18/h4-9,16H,10H2,1-3H3. The Bertz CT molecular complexity index is 823. The van der Waals surface area contributed by atoms with E-state index in [1.165, 1.54) is 4.57 Å². The van der Waals surface area contributed by atoms with Gasteiger partial charge in [0.15, 0.2) is 0 Å². The summed E-state index contributed by atoms with van der Waals surface area (Å²) < 4.78 is 28.6. The SMILES string of the molecule is Cc1ccc(C)c(S(=O)(=O)NCc2cccn(C)c2=O)c1. The molecule has 0 atom stereocenters. The number of aryl methyl sites for hydroxylation is 3. The number of aromatic nitrogens is 1. The summed E-state index contributed by atoms with van der Waals surface area (Å²) in [4.78, 5) is 12.1. The van der Waals surface area contributed by atoms with E-state index in [1.807, 2.05) is 13.0 Å². The average Bonchev–Trinajstić information content (AvgIpc) is 2.43. The summed E-state index contributed by atoms with van der Waals surface area (Å²) in [7, 11) is -2.01. The minimum absolute atomic E-state index is 0.0246. The minimum atomic E-state index is -3.64. The van der Waals surface area contributed by atoms with Crippen LogP contribution >= 0.6 is 0 Å². The summed E-state index contributed by atoms with van der Waals surface area (Å²) in [5, 5.41) is 0. The molecule has 0 radical (unpaired) electrons. The van der Waals surface area contributed by atoms with E-state index < -0.39 is 10.0 Å². The van der Waals surface area contributed by atoms with E-state index in [2.05, 4.69) is 4.72 Å². The predicted molar refractivity (Wildman–Crippen MR) is 81.6 cm³/mol. The van der Waals surface area contributed by atoms with Gasteiger partial charge in [0.05, 0.1) is 4.90 Å². The third-order valence-electron chi connectivity index (χ3n) is 3.29. The summed E-state index contributed by atoms with van der Waals surface area (Å²) in [6, 6.07) is 8.59. The molecule has 0 aliphatic carbocycles. The Morgan fingerprint density at radius 3 is 2.62 bits per heavy atom. The van der Waals surface area contributed by atoms with Crippen molar-refractivity contribution in [2.45, 2.75) is 25.3 Å². The van der Waals surface area contributed by atoms with Crippen LogP contribution in [0.5, 0.6) is 0 Å². The largest absolute Gasteiger partial charge is 0.318 e. The van der Waals surface area contributed by atoms with Gasteiger partial charge in [-0.25, -0.2) is 13.1 Å². The number of rotatable bonds is 4. The van der Waals surface area contributed by atoms with Crippen LogP contribution in [0.1, 0.15) is 16.7 Å². The van der Waals surface area contributed by atoms with Crippen molar-refractivity contribution in [2.75, 3.05) is 0 Å². The summed E-state index contributed by atoms with van der Waals surface area (Å²) in [6.07, 6.45) is 1.63. The zero-order valence-electron chi connectivity index (χ0n) is 12.3. The Kier molecular flexibility index (Phi) is 4.29. The van der Waals surface area contributed by atoms with Crippen LogP contribution in [0.4, 0.5) is 0 Å². The lowest BCUT2D eigenvalue weighted by atomic mass is 10.2. The normalized spacial score (nSPS) is 11.6. The maximum Gasteiger partial charge on any atom is 0.254 e. The molecular formula is C15H18N2O3S. The maximum absolute atomic E-state index is 12.4. The van der Waals surface area contributed by atoms with Crippen molar-refractivity contribution < 1.29 is 8.42 Å². The number of hydrogen-bond donors (Lipinski definition) is 1. The van der Waals surface area contributed by atoms with Gasteiger partial charge < -0.3 is 4.57 Å². The van der Waals surface area contributed by atoms with E-state index in [-0.39, 0.29) is 17.0 Å². The third-order valence-corrected chi connectivity index (χ3v) is 4.83. The molecule has 0 saturated carbocycles. The van der Waals surface area contributed by atoms with E-state index in [0.29, 0.717) is 11.1 Å². The van der Waals surface area contributed by atoms with Crippen LogP contribution in [0.2, 0.25) is 0 Å². The lowest BCUT2D eigenvalue weighted by Crippen LogP contribution is -2.29. The zero-order chi connectivity index (χ0) is 15.6. The number of hydrogen-bond acceptors (Lipinski definition) is 3. The highest BCUT2D eigenvalue weighted by Gasteiger charge is 2.17. The molecule has 2 aromatic rings. The van der Waals surface area contributed by atoms with Gasteiger partial charge in [0.1, 0.15) is 0 Å². The van der Waals surface area contributed by atoms with Crippen molar-refractivity contribution in [3.05, 3.63) is 63.6 Å². The van der Waals surface area contributed by atoms with Crippen molar-refractivity contribution in [3.63, 3.8) is 0 Å². The second-order valence-corrected chi connectivity index (χ2v) is 6.78. The number of pyridine rings is 1. The van der Waals surface area contributed by atoms with Crippen molar-refractivity contribution in [3.8, 4) is 0 Å². The molecule has 5 nitrogen and oxygen atoms in total. The Balaban J connectivity index is 2.28. The molecule has 112 valence electrons. The smallest absolute Gasteiger partial charge is 0.254 e. The third kappa shape index (κ3) is 3.40. The molecule has 1 aromatic heterocycles. The van der Waals surface area contributed by atoms with Gasteiger partial charge >= 0.3 is 0 Å². The first-order chi connectivity index (χ1) is 9.81. The fourth-order valence-electron chi connectivity index (χ4n) is 2.04. The highest BCUT2D eigenvalue weighted by atomic mass is 32.2. The lowest BCUT2D eigenvalue weighted by Gasteiger charge is -2.10. The van der Waals surface area contributed by atoms with Gasteiger partial charge in [-0.1, -0.05) is 18.2 Å². The molecule has 2 rings (SSSR count). The molecule has 1 N–H and O–H groups in total. The second-order valence-electron chi connectivity index (χ2n) is 5.04. The lowest BCUT2D eigenvalue weighted by molar-refractivity contribution is 0.580. The van der Waals surface area contributed by atoms with Gasteiger partial charge in [0, 0.05) is 25.4 Å². The summed E-state index contributed by atoms with van der Waals surface area (Å²) >= 11 is 0. The molecule has 0 saturated heterocycles. The van der Waals surface area contributed by atoms with Gasteiger partial charge in [-0.05, 0) is 37.1 Å². The second kappa shape index (κ2) is 5.83. The molecule has 0 aliphatic heterocycles. The highest BCUT2D eigenvalue weighted by molar-refractivity contribution is 7.89. The molecule has 6 heteroatoms. The van der Waals surface area contributed by atoms with Crippen LogP contribution in [0.15, 0.2) is 46.2 Å². The van der Waals surface area contributed by atoms with E-state index in [4.69, 9.17) is 0 Å². The van der Waals surface area contributed by atoms with Gasteiger partial charge in [-0.15, -0.1) is 0 Å². The molecule has 21 heavy (non-hydrogen) atoms. The molecule has 0 bridgehead atoms. The van der Waals surface area contributed by atoms with Crippen molar-refractivity contribution >= 4 is 10.0 Å². The first-order valence-corrected chi connectivity index (χ1v) is 8.01. The Morgan fingerprint density at radius 2 is 1.90 bits per heavy atom. The molecule has 0 amide bonds. The predicted octanol–water partition coefficient (Wildman–Crippen LogP) is 1.48. The maximum atomic E-state index is 12.4. The summed E-state index contributed by atoms with van der Waals surface area (Å²) in [5.41, 5.74) is 1.75. The van der Waals surface area contributed by atoms with Crippen LogP contribution in [-0.4, -0.2) is 13.0 Å². The molecule has 0 fully saturated rings. The van der Waals surface area contributed by atoms with Crippen molar-refractivity contribution in [2.24, 2.45) is 7.05 Å². The van der Waals surface area contributed by atoms with Crippen LogP contribution in [0.3, 0.4) is 0 Å². The highest BCUT2D eigenvalue weighted by Crippen LogP contribution is 2.16. The molecular weight excluding hydrogens is 288 g/mol. The zero-order valence-corrected chi connectivity index (χ0v) is 13.1.